The number of pyridine rings is 1. The van der Waals surface area contributed by atoms with Crippen molar-refractivity contribution in [3.05, 3.63) is 77.7 Å². The summed E-state index contributed by atoms with van der Waals surface area (Å²) in [4.78, 5) is 26.1. The number of aryl methyl sites for hydroxylation is 1. The highest BCUT2D eigenvalue weighted by atomic mass is 16.7. The number of benzene rings is 1. The monoisotopic (exact) mass is 779 g/mol. The molecule has 1 fully saturated rings. The molecule has 2 aliphatic carbocycles. The minimum absolute atomic E-state index is 0.0630. The van der Waals surface area contributed by atoms with Gasteiger partial charge >= 0.3 is 6.09 Å². The number of unbranched alkanes of at least 4 members (excludes halogenated alkanes) is 2. The number of hydrogen-bond acceptors (Lipinski definition) is 12. The van der Waals surface area contributed by atoms with Crippen LogP contribution in [0.15, 0.2) is 65.9 Å². The molecule has 1 amide bonds. The number of aliphatic hydroxyl groups is 3. The summed E-state index contributed by atoms with van der Waals surface area (Å²) in [6, 6.07) is 11.0. The van der Waals surface area contributed by atoms with Crippen molar-refractivity contribution in [1.29, 1.82) is 0 Å². The maximum Gasteiger partial charge on any atom is 0.410 e. The lowest BCUT2D eigenvalue weighted by Crippen LogP contribution is -2.70. The van der Waals surface area contributed by atoms with Crippen LogP contribution in [0.2, 0.25) is 0 Å². The van der Waals surface area contributed by atoms with Gasteiger partial charge in [-0.2, -0.15) is 0 Å². The Labute approximate surface area is 331 Å². The van der Waals surface area contributed by atoms with Crippen molar-refractivity contribution in [2.75, 3.05) is 59.4 Å². The maximum absolute atomic E-state index is 14.0. The van der Waals surface area contributed by atoms with Crippen LogP contribution in [0.5, 0.6) is 11.5 Å². The average molecular weight is 780 g/mol. The predicted molar refractivity (Wildman–Crippen MR) is 212 cm³/mol. The summed E-state index contributed by atoms with van der Waals surface area (Å²) in [5.74, 6) is -0.649. The van der Waals surface area contributed by atoms with E-state index in [1.54, 1.807) is 17.9 Å². The molecule has 2 heterocycles. The molecule has 3 aliphatic rings. The standard InChI is InChI=1S/C43H61N3O10/c1-5-23-54-43-39(46(42(50)52-6-2)19-24-51-25-22-49)28-37(45-55-7-3)35-26-31(14-8-10-20-47)34(16-9-11-21-48)40(41(35)43)36-27-33(17-18-38(36)56-43)53-29-32-15-12-13-30(4)44-32/h5,12-13,15,17-18,26-27,31,34,39-41,47-49H,1,6-11,14,16,19-25,28-29H2,2-4H3. The largest absolute Gasteiger partial charge is 0.487 e. The topological polar surface area (TPSA) is 162 Å². The minimum Gasteiger partial charge on any atom is -0.487 e. The van der Waals surface area contributed by atoms with Crippen molar-refractivity contribution in [2.45, 2.75) is 90.1 Å². The van der Waals surface area contributed by atoms with Crippen molar-refractivity contribution in [1.82, 2.24) is 9.88 Å². The quantitative estimate of drug-likeness (QED) is 0.0680. The van der Waals surface area contributed by atoms with E-state index in [1.807, 2.05) is 44.2 Å². The average Bonchev–Trinajstić information content (AvgIpc) is 3.20. The second-order valence-electron chi connectivity index (χ2n) is 14.5. The molecule has 1 aliphatic heterocycles. The number of amides is 1. The maximum atomic E-state index is 14.0. The van der Waals surface area contributed by atoms with Crippen LogP contribution in [0.1, 0.15) is 81.7 Å². The summed E-state index contributed by atoms with van der Waals surface area (Å²) in [5, 5.41) is 33.8. The Morgan fingerprint density at radius 3 is 2.57 bits per heavy atom. The van der Waals surface area contributed by atoms with Gasteiger partial charge < -0.3 is 43.8 Å². The SMILES string of the molecule is C=CCOC12Oc3ccc(OCc4cccc(C)n4)cc3C3C(CCCCO)C(CCCCO)C=C(C(=NOCC)CC1N(CCOCCO)C(=O)OCC)C32. The molecule has 1 aromatic carbocycles. The molecule has 0 bridgehead atoms. The van der Waals surface area contributed by atoms with Gasteiger partial charge in [-0.25, -0.2) is 4.79 Å². The van der Waals surface area contributed by atoms with Crippen molar-refractivity contribution in [3.8, 4) is 11.5 Å². The first-order chi connectivity index (χ1) is 27.3. The Morgan fingerprint density at radius 1 is 1.05 bits per heavy atom. The third kappa shape index (κ3) is 10.1. The highest BCUT2D eigenvalue weighted by Gasteiger charge is 2.65. The second-order valence-corrected chi connectivity index (χ2v) is 14.5. The molecular formula is C43H61N3O10. The van der Waals surface area contributed by atoms with Crippen LogP contribution >= 0.6 is 0 Å². The molecule has 56 heavy (non-hydrogen) atoms. The van der Waals surface area contributed by atoms with Gasteiger partial charge in [-0.15, -0.1) is 6.58 Å². The molecule has 0 saturated heterocycles. The molecule has 6 atom stereocenters. The molecule has 13 nitrogen and oxygen atoms in total. The Bertz CT molecular complexity index is 1630. The van der Waals surface area contributed by atoms with Crippen molar-refractivity contribution in [2.24, 2.45) is 22.9 Å². The molecule has 308 valence electrons. The van der Waals surface area contributed by atoms with Gasteiger partial charge in [0.1, 0.15) is 30.8 Å². The number of carbonyl (C=O) groups is 1. The molecule has 6 unspecified atom stereocenters. The van der Waals surface area contributed by atoms with Gasteiger partial charge in [0.2, 0.25) is 5.79 Å². The smallest absolute Gasteiger partial charge is 0.410 e. The van der Waals surface area contributed by atoms with Gasteiger partial charge in [-0.3, -0.25) is 9.88 Å². The van der Waals surface area contributed by atoms with Gasteiger partial charge in [0.15, 0.2) is 0 Å². The van der Waals surface area contributed by atoms with Crippen LogP contribution in [0, 0.1) is 24.7 Å². The molecular weight excluding hydrogens is 718 g/mol. The lowest BCUT2D eigenvalue weighted by atomic mass is 9.55. The van der Waals surface area contributed by atoms with E-state index >= 15 is 0 Å². The van der Waals surface area contributed by atoms with Crippen LogP contribution in [0.3, 0.4) is 0 Å². The number of nitrogens with zero attached hydrogens (tertiary/aromatic N) is 3. The van der Waals surface area contributed by atoms with Gasteiger partial charge in [-0.1, -0.05) is 36.2 Å². The van der Waals surface area contributed by atoms with E-state index in [9.17, 15) is 20.1 Å². The van der Waals surface area contributed by atoms with Crippen LogP contribution < -0.4 is 9.47 Å². The van der Waals surface area contributed by atoms with Gasteiger partial charge in [0, 0.05) is 43.4 Å². The number of rotatable bonds is 23. The van der Waals surface area contributed by atoms with E-state index < -0.39 is 23.8 Å². The zero-order chi connectivity index (χ0) is 39.9. The van der Waals surface area contributed by atoms with E-state index in [0.29, 0.717) is 36.7 Å². The first-order valence-electron chi connectivity index (χ1n) is 20.2. The van der Waals surface area contributed by atoms with Crippen LogP contribution in [-0.4, -0.2) is 108 Å². The number of aliphatic hydroxyl groups excluding tert-OH is 3. The molecule has 3 N–H and O–H groups in total. The summed E-state index contributed by atoms with van der Waals surface area (Å²) in [6.07, 6.45) is 8.30. The Kier molecular flexibility index (Phi) is 16.6. The zero-order valence-electron chi connectivity index (χ0n) is 33.3. The second kappa shape index (κ2) is 21.5. The summed E-state index contributed by atoms with van der Waals surface area (Å²) in [6.45, 7) is 11.0. The number of ether oxygens (including phenoxy) is 5. The predicted octanol–water partition coefficient (Wildman–Crippen LogP) is 6.09. The van der Waals surface area contributed by atoms with Crippen molar-refractivity contribution in [3.63, 3.8) is 0 Å². The molecule has 0 radical (unpaired) electrons. The molecule has 13 heteroatoms. The lowest BCUT2D eigenvalue weighted by molar-refractivity contribution is -0.256. The highest BCUT2D eigenvalue weighted by molar-refractivity contribution is 6.03. The molecule has 5 rings (SSSR count). The normalized spacial score (nSPS) is 24.4. The summed E-state index contributed by atoms with van der Waals surface area (Å²) in [7, 11) is 0. The molecule has 0 spiro atoms. The fraction of sp³-hybridized carbons (Fsp3) is 0.605. The summed E-state index contributed by atoms with van der Waals surface area (Å²) < 4.78 is 31.9. The van der Waals surface area contributed by atoms with Crippen LogP contribution in [0.4, 0.5) is 4.79 Å². The summed E-state index contributed by atoms with van der Waals surface area (Å²) in [5.41, 5.74) is 4.32. The zero-order valence-corrected chi connectivity index (χ0v) is 33.3. The number of allylic oxidation sites excluding steroid dienone is 1. The third-order valence-electron chi connectivity index (χ3n) is 10.9. The van der Waals surface area contributed by atoms with Crippen molar-refractivity contribution < 1.29 is 48.6 Å². The molecule has 1 aromatic heterocycles. The van der Waals surface area contributed by atoms with E-state index in [4.69, 9.17) is 33.7 Å². The number of oxime groups is 1. The van der Waals surface area contributed by atoms with Crippen LogP contribution in [-0.2, 0) is 25.7 Å². The van der Waals surface area contributed by atoms with E-state index in [2.05, 4.69) is 23.7 Å². The fourth-order valence-electron chi connectivity index (χ4n) is 8.63. The number of aromatic nitrogens is 1. The summed E-state index contributed by atoms with van der Waals surface area (Å²) >= 11 is 0. The number of hydrogen-bond donors (Lipinski definition) is 3. The Morgan fingerprint density at radius 2 is 1.86 bits per heavy atom. The number of fused-ring (bicyclic) bond motifs is 2. The first kappa shape index (κ1) is 43.1. The van der Waals surface area contributed by atoms with Crippen molar-refractivity contribution >= 4 is 11.8 Å². The van der Waals surface area contributed by atoms with E-state index in [0.717, 1.165) is 48.2 Å². The Balaban J connectivity index is 1.73. The minimum atomic E-state index is -1.42. The van der Waals surface area contributed by atoms with Gasteiger partial charge in [0.05, 0.1) is 50.4 Å². The lowest BCUT2D eigenvalue weighted by Gasteiger charge is -2.59. The Hall–Kier alpha value is -4.01. The first-order valence-corrected chi connectivity index (χ1v) is 20.2. The van der Waals surface area contributed by atoms with Gasteiger partial charge in [-0.05, 0) is 94.2 Å². The molecule has 2 aromatic rings. The highest BCUT2D eigenvalue weighted by Crippen LogP contribution is 2.62. The van der Waals surface area contributed by atoms with Crippen LogP contribution in [0.25, 0.3) is 0 Å². The van der Waals surface area contributed by atoms with E-state index in [-0.39, 0.29) is 83.6 Å². The number of carbonyl (C=O) groups excluding carboxylic acids is 1. The van der Waals surface area contributed by atoms with Gasteiger partial charge in [0.25, 0.3) is 0 Å². The van der Waals surface area contributed by atoms with E-state index in [1.165, 1.54) is 0 Å². The molecule has 1 saturated carbocycles. The third-order valence-corrected chi connectivity index (χ3v) is 10.9. The fourth-order valence-corrected chi connectivity index (χ4v) is 8.63.